The average Bonchev–Trinajstić information content (AvgIpc) is 3.71. The van der Waals surface area contributed by atoms with Crippen LogP contribution in [0.2, 0.25) is 0 Å². The molecule has 2 aliphatic rings. The number of para-hydroxylation sites is 3. The number of fused-ring (bicyclic) bond motifs is 7. The number of furan rings is 1. The Labute approximate surface area is 290 Å². The Hall–Kier alpha value is -5.94. The zero-order valence-corrected chi connectivity index (χ0v) is 27.8. The predicted molar refractivity (Wildman–Crippen MR) is 205 cm³/mol. The molecule has 8 aromatic rings. The first-order valence-corrected chi connectivity index (χ1v) is 17.7. The third kappa shape index (κ3) is 4.53. The Balaban J connectivity index is 1.09. The van der Waals surface area contributed by atoms with E-state index in [1.807, 2.05) is 36.4 Å². The van der Waals surface area contributed by atoms with Gasteiger partial charge in [0, 0.05) is 45.3 Å². The molecule has 0 fully saturated rings. The molecule has 3 heterocycles. The summed E-state index contributed by atoms with van der Waals surface area (Å²) in [6.45, 7) is 2.41. The van der Waals surface area contributed by atoms with Crippen LogP contribution in [0, 0.1) is 11.8 Å². The first-order valence-electron chi connectivity index (χ1n) is 17.7. The first-order chi connectivity index (χ1) is 24.7. The van der Waals surface area contributed by atoms with Gasteiger partial charge >= 0.3 is 0 Å². The Kier molecular flexibility index (Phi) is 6.73. The number of nitrogens with one attached hydrogen (secondary N) is 1. The van der Waals surface area contributed by atoms with Gasteiger partial charge < -0.3 is 14.3 Å². The highest BCUT2D eigenvalue weighted by molar-refractivity contribution is 6.10. The molecule has 5 aromatic carbocycles. The summed E-state index contributed by atoms with van der Waals surface area (Å²) in [7, 11) is 0. The van der Waals surface area contributed by atoms with E-state index in [-0.39, 0.29) is 23.8 Å². The molecule has 0 bridgehead atoms. The number of anilines is 1. The molecule has 0 radical (unpaired) electrons. The number of hydrogen-bond acceptors (Lipinski definition) is 4. The van der Waals surface area contributed by atoms with E-state index in [9.17, 15) is 0 Å². The van der Waals surface area contributed by atoms with Gasteiger partial charge in [0.1, 0.15) is 16.8 Å². The van der Waals surface area contributed by atoms with Crippen LogP contribution in [0.15, 0.2) is 150 Å². The molecule has 3 aromatic heterocycles. The Morgan fingerprint density at radius 1 is 0.720 bits per heavy atom. The Bertz CT molecular complexity index is 2570. The van der Waals surface area contributed by atoms with Gasteiger partial charge in [0.05, 0.1) is 11.0 Å². The monoisotopic (exact) mass is 648 g/mol. The third-order valence-electron chi connectivity index (χ3n) is 11.1. The maximum Gasteiger partial charge on any atom is 0.224 e. The number of aryl methyl sites for hydroxylation is 1. The standard InChI is InChI=1S/C45H36N4O/c1-28-31(21-13-24-37(28)49-38-22-10-7-18-33(38)34-19-8-11-23-39(34)49)41-32-17-6-5-14-29(32)26-27-36(41)46-45-47-42(30-15-3-2-4-16-30)44-43(48-45)35-20-9-12-25-40(35)50-44/h2-25,28,31,36,41H,26-27H2,1H3,(H,46,47,48). The van der Waals surface area contributed by atoms with E-state index < -0.39 is 0 Å². The van der Waals surface area contributed by atoms with Crippen molar-refractivity contribution in [1.29, 1.82) is 0 Å². The number of benzene rings is 5. The maximum atomic E-state index is 6.40. The van der Waals surface area contributed by atoms with Crippen LogP contribution in [0.5, 0.6) is 0 Å². The van der Waals surface area contributed by atoms with Crippen molar-refractivity contribution in [2.75, 3.05) is 5.32 Å². The molecule has 10 rings (SSSR count). The molecule has 0 spiro atoms. The Morgan fingerprint density at radius 3 is 2.20 bits per heavy atom. The smallest absolute Gasteiger partial charge is 0.224 e. The second-order valence-electron chi connectivity index (χ2n) is 13.8. The molecule has 0 amide bonds. The minimum Gasteiger partial charge on any atom is -0.452 e. The summed E-state index contributed by atoms with van der Waals surface area (Å²) in [6.07, 6.45) is 9.04. The SMILES string of the molecule is CC1C(n2c3ccccc3c3ccccc32)=CC=CC1C1c2ccccc2CCC1Nc1nc(-c2ccccc2)c2oc3ccccc3c2n1. The van der Waals surface area contributed by atoms with Crippen molar-refractivity contribution in [1.82, 2.24) is 14.5 Å². The lowest BCUT2D eigenvalue weighted by atomic mass is 9.67. The van der Waals surface area contributed by atoms with E-state index >= 15 is 0 Å². The quantitative estimate of drug-likeness (QED) is 0.202. The number of hydrogen-bond donors (Lipinski definition) is 1. The fourth-order valence-electron chi connectivity index (χ4n) is 8.75. The lowest BCUT2D eigenvalue weighted by Gasteiger charge is -2.42. The molecule has 5 heteroatoms. The van der Waals surface area contributed by atoms with Gasteiger partial charge in [-0.25, -0.2) is 9.97 Å². The van der Waals surface area contributed by atoms with Gasteiger partial charge in [0.2, 0.25) is 5.95 Å². The normalized spacial score (nSPS) is 20.4. The lowest BCUT2D eigenvalue weighted by Crippen LogP contribution is -2.39. The van der Waals surface area contributed by atoms with Crippen molar-refractivity contribution in [2.45, 2.75) is 31.7 Å². The van der Waals surface area contributed by atoms with Gasteiger partial charge in [-0.15, -0.1) is 0 Å². The lowest BCUT2D eigenvalue weighted by molar-refractivity contribution is 0.351. The predicted octanol–water partition coefficient (Wildman–Crippen LogP) is 11.0. The van der Waals surface area contributed by atoms with Crippen molar-refractivity contribution < 1.29 is 4.42 Å². The van der Waals surface area contributed by atoms with E-state index in [0.29, 0.717) is 5.95 Å². The van der Waals surface area contributed by atoms with Gasteiger partial charge in [0.15, 0.2) is 5.58 Å². The first kappa shape index (κ1) is 29.0. The molecule has 5 nitrogen and oxygen atoms in total. The molecule has 4 atom stereocenters. The third-order valence-corrected chi connectivity index (χ3v) is 11.1. The molecule has 1 N–H and O–H groups in total. The van der Waals surface area contributed by atoms with Gasteiger partial charge in [-0.2, -0.15) is 0 Å². The van der Waals surface area contributed by atoms with Gasteiger partial charge in [-0.05, 0) is 60.2 Å². The van der Waals surface area contributed by atoms with Crippen LogP contribution >= 0.6 is 0 Å². The molecule has 0 saturated heterocycles. The van der Waals surface area contributed by atoms with Crippen molar-refractivity contribution in [3.8, 4) is 11.3 Å². The van der Waals surface area contributed by atoms with E-state index in [2.05, 4.69) is 126 Å². The number of allylic oxidation sites excluding steroid dienone is 4. The van der Waals surface area contributed by atoms with Crippen LogP contribution in [0.4, 0.5) is 5.95 Å². The van der Waals surface area contributed by atoms with E-state index in [1.165, 1.54) is 38.6 Å². The summed E-state index contributed by atoms with van der Waals surface area (Å²) in [5.41, 5.74) is 10.9. The van der Waals surface area contributed by atoms with Crippen molar-refractivity contribution in [2.24, 2.45) is 11.8 Å². The van der Waals surface area contributed by atoms with Crippen LogP contribution in [-0.4, -0.2) is 20.6 Å². The summed E-state index contributed by atoms with van der Waals surface area (Å²) in [5.74, 6) is 1.35. The second-order valence-corrected chi connectivity index (χ2v) is 13.8. The number of nitrogens with zero attached hydrogens (tertiary/aromatic N) is 3. The van der Waals surface area contributed by atoms with Gasteiger partial charge in [0.25, 0.3) is 0 Å². The van der Waals surface area contributed by atoms with Crippen molar-refractivity contribution in [3.05, 3.63) is 157 Å². The molecule has 4 unspecified atom stereocenters. The molecule has 50 heavy (non-hydrogen) atoms. The second kappa shape index (κ2) is 11.6. The molecule has 0 aliphatic heterocycles. The molecule has 242 valence electrons. The molecule has 2 aliphatic carbocycles. The maximum absolute atomic E-state index is 6.40. The van der Waals surface area contributed by atoms with Gasteiger partial charge in [-0.3, -0.25) is 0 Å². The highest BCUT2D eigenvalue weighted by Crippen LogP contribution is 2.47. The van der Waals surface area contributed by atoms with E-state index in [1.54, 1.807) is 0 Å². The minimum absolute atomic E-state index is 0.124. The topological polar surface area (TPSA) is 55.9 Å². The zero-order chi connectivity index (χ0) is 33.2. The molecule has 0 saturated carbocycles. The van der Waals surface area contributed by atoms with Crippen LogP contribution in [0.3, 0.4) is 0 Å². The Morgan fingerprint density at radius 2 is 1.40 bits per heavy atom. The number of aromatic nitrogens is 3. The van der Waals surface area contributed by atoms with E-state index in [0.717, 1.165) is 46.2 Å². The fraction of sp³-hybridized carbons (Fsp3) is 0.156. The summed E-state index contributed by atoms with van der Waals surface area (Å²) in [5, 5.41) is 7.51. The summed E-state index contributed by atoms with van der Waals surface area (Å²) in [6, 6.07) is 45.2. The van der Waals surface area contributed by atoms with Crippen molar-refractivity contribution in [3.63, 3.8) is 0 Å². The summed E-state index contributed by atoms with van der Waals surface area (Å²) in [4.78, 5) is 10.4. The highest BCUT2D eigenvalue weighted by atomic mass is 16.3. The van der Waals surface area contributed by atoms with Crippen LogP contribution in [-0.2, 0) is 6.42 Å². The fourth-order valence-corrected chi connectivity index (χ4v) is 8.75. The highest BCUT2D eigenvalue weighted by Gasteiger charge is 2.39. The summed E-state index contributed by atoms with van der Waals surface area (Å²) >= 11 is 0. The van der Waals surface area contributed by atoms with Crippen LogP contribution < -0.4 is 5.32 Å². The minimum atomic E-state index is 0.124. The molecular formula is C45H36N4O. The van der Waals surface area contributed by atoms with Crippen molar-refractivity contribution >= 4 is 55.5 Å². The molecular weight excluding hydrogens is 613 g/mol. The van der Waals surface area contributed by atoms with Crippen LogP contribution in [0.1, 0.15) is 30.4 Å². The van der Waals surface area contributed by atoms with Crippen LogP contribution in [0.25, 0.3) is 60.8 Å². The largest absolute Gasteiger partial charge is 0.452 e. The van der Waals surface area contributed by atoms with Gasteiger partial charge in [-0.1, -0.05) is 122 Å². The van der Waals surface area contributed by atoms with E-state index in [4.69, 9.17) is 14.4 Å². The average molecular weight is 649 g/mol. The zero-order valence-electron chi connectivity index (χ0n) is 27.8. The number of rotatable bonds is 5. The summed E-state index contributed by atoms with van der Waals surface area (Å²) < 4.78 is 8.89.